The van der Waals surface area contributed by atoms with Crippen LogP contribution in [-0.2, 0) is 9.53 Å². The second kappa shape index (κ2) is 8.45. The van der Waals surface area contributed by atoms with Gasteiger partial charge in [-0.3, -0.25) is 4.79 Å². The van der Waals surface area contributed by atoms with Crippen molar-refractivity contribution in [1.82, 2.24) is 10.2 Å². The molecule has 2 N–H and O–H groups in total. The van der Waals surface area contributed by atoms with Crippen molar-refractivity contribution < 1.29 is 14.6 Å². The second-order valence-corrected chi connectivity index (χ2v) is 4.93. The van der Waals surface area contributed by atoms with Crippen LogP contribution in [0.5, 0.6) is 0 Å². The van der Waals surface area contributed by atoms with Crippen molar-refractivity contribution in [2.24, 2.45) is 0 Å². The molecule has 1 atom stereocenters. The molecule has 1 aliphatic carbocycles. The van der Waals surface area contributed by atoms with E-state index >= 15 is 0 Å². The summed E-state index contributed by atoms with van der Waals surface area (Å²) in [5, 5.41) is 12.7. The Morgan fingerprint density at radius 2 is 2.17 bits per heavy atom. The Morgan fingerprint density at radius 3 is 2.78 bits per heavy atom. The Hall–Kier alpha value is -0.650. The summed E-state index contributed by atoms with van der Waals surface area (Å²) in [7, 11) is 1.77. The van der Waals surface area contributed by atoms with E-state index in [0.717, 1.165) is 12.8 Å². The standard InChI is InChI=1S/C13H26N2O3/c1-3-15(2)13(17)9-14-8-11(16)10-18-12-6-4-5-7-12/h11-12,14,16H,3-10H2,1-2H3. The minimum Gasteiger partial charge on any atom is -0.389 e. The number of nitrogens with one attached hydrogen (secondary N) is 1. The number of aliphatic hydroxyl groups excluding tert-OH is 1. The van der Waals surface area contributed by atoms with Crippen LogP contribution in [0.3, 0.4) is 0 Å². The van der Waals surface area contributed by atoms with E-state index in [1.165, 1.54) is 12.8 Å². The molecule has 106 valence electrons. The first kappa shape index (κ1) is 15.4. The summed E-state index contributed by atoms with van der Waals surface area (Å²) in [6, 6.07) is 0. The van der Waals surface area contributed by atoms with Gasteiger partial charge >= 0.3 is 0 Å². The lowest BCUT2D eigenvalue weighted by Crippen LogP contribution is -2.39. The molecule has 0 aromatic rings. The smallest absolute Gasteiger partial charge is 0.236 e. The Labute approximate surface area is 109 Å². The highest BCUT2D eigenvalue weighted by Gasteiger charge is 2.17. The molecular weight excluding hydrogens is 232 g/mol. The first-order valence-electron chi connectivity index (χ1n) is 6.87. The zero-order chi connectivity index (χ0) is 13.4. The van der Waals surface area contributed by atoms with Crippen molar-refractivity contribution in [3.05, 3.63) is 0 Å². The van der Waals surface area contributed by atoms with E-state index in [-0.39, 0.29) is 12.5 Å². The van der Waals surface area contributed by atoms with E-state index in [2.05, 4.69) is 5.32 Å². The number of hydrogen-bond donors (Lipinski definition) is 2. The monoisotopic (exact) mass is 258 g/mol. The van der Waals surface area contributed by atoms with E-state index in [1.807, 2.05) is 6.92 Å². The summed E-state index contributed by atoms with van der Waals surface area (Å²) < 4.78 is 5.61. The highest BCUT2D eigenvalue weighted by Crippen LogP contribution is 2.20. The van der Waals surface area contributed by atoms with Crippen LogP contribution in [0.2, 0.25) is 0 Å². The minimum atomic E-state index is -0.537. The third-order valence-electron chi connectivity index (χ3n) is 3.38. The van der Waals surface area contributed by atoms with E-state index in [1.54, 1.807) is 11.9 Å². The molecule has 1 amide bonds. The number of carbonyl (C=O) groups excluding carboxylic acids is 1. The molecule has 0 heterocycles. The Morgan fingerprint density at radius 1 is 1.50 bits per heavy atom. The molecule has 1 fully saturated rings. The van der Waals surface area contributed by atoms with Crippen molar-refractivity contribution in [1.29, 1.82) is 0 Å². The number of rotatable bonds is 8. The van der Waals surface area contributed by atoms with Gasteiger partial charge in [-0.25, -0.2) is 0 Å². The third kappa shape index (κ3) is 5.80. The SMILES string of the molecule is CCN(C)C(=O)CNCC(O)COC1CCCC1. The lowest BCUT2D eigenvalue weighted by atomic mass is 10.3. The number of amides is 1. The summed E-state index contributed by atoms with van der Waals surface area (Å²) in [4.78, 5) is 13.1. The van der Waals surface area contributed by atoms with E-state index in [9.17, 15) is 9.90 Å². The molecule has 0 spiro atoms. The van der Waals surface area contributed by atoms with E-state index in [0.29, 0.717) is 25.8 Å². The van der Waals surface area contributed by atoms with Gasteiger partial charge in [0.15, 0.2) is 0 Å². The van der Waals surface area contributed by atoms with Crippen molar-refractivity contribution in [2.45, 2.75) is 44.8 Å². The maximum Gasteiger partial charge on any atom is 0.236 e. The Balaban J connectivity index is 2.02. The molecular formula is C13H26N2O3. The van der Waals surface area contributed by atoms with Gasteiger partial charge in [0.05, 0.1) is 25.4 Å². The number of aliphatic hydroxyl groups is 1. The van der Waals surface area contributed by atoms with Crippen LogP contribution in [0, 0.1) is 0 Å². The lowest BCUT2D eigenvalue weighted by molar-refractivity contribution is -0.128. The summed E-state index contributed by atoms with van der Waals surface area (Å²) in [5.74, 6) is 0.0430. The molecule has 0 bridgehead atoms. The second-order valence-electron chi connectivity index (χ2n) is 4.93. The summed E-state index contributed by atoms with van der Waals surface area (Å²) in [5.41, 5.74) is 0. The maximum atomic E-state index is 11.5. The predicted octanol–water partition coefficient (Wildman–Crippen LogP) is 0.374. The van der Waals surface area contributed by atoms with Gasteiger partial charge in [-0.2, -0.15) is 0 Å². The number of hydrogen-bond acceptors (Lipinski definition) is 4. The zero-order valence-electron chi connectivity index (χ0n) is 11.5. The number of likely N-dealkylation sites (N-methyl/N-ethyl adjacent to an activating group) is 1. The van der Waals surface area contributed by atoms with Gasteiger partial charge in [0.1, 0.15) is 0 Å². The zero-order valence-corrected chi connectivity index (χ0v) is 11.5. The molecule has 0 saturated heterocycles. The van der Waals surface area contributed by atoms with Crippen molar-refractivity contribution in [2.75, 3.05) is 33.3 Å². The molecule has 0 aliphatic heterocycles. The van der Waals surface area contributed by atoms with Crippen LogP contribution >= 0.6 is 0 Å². The summed E-state index contributed by atoms with van der Waals surface area (Å²) in [6.45, 7) is 3.66. The molecule has 0 aromatic heterocycles. The third-order valence-corrected chi connectivity index (χ3v) is 3.38. The number of carbonyl (C=O) groups is 1. The number of ether oxygens (including phenoxy) is 1. The van der Waals surface area contributed by atoms with Gasteiger partial charge in [-0.05, 0) is 19.8 Å². The fourth-order valence-electron chi connectivity index (χ4n) is 2.02. The molecule has 1 aliphatic rings. The summed E-state index contributed by atoms with van der Waals surface area (Å²) in [6.07, 6.45) is 4.48. The van der Waals surface area contributed by atoms with Gasteiger partial charge in [-0.15, -0.1) is 0 Å². The van der Waals surface area contributed by atoms with Crippen LogP contribution in [-0.4, -0.2) is 61.4 Å². The lowest BCUT2D eigenvalue weighted by Gasteiger charge is -2.17. The first-order valence-corrected chi connectivity index (χ1v) is 6.87. The number of nitrogens with zero attached hydrogens (tertiary/aromatic N) is 1. The summed E-state index contributed by atoms with van der Waals surface area (Å²) >= 11 is 0. The van der Waals surface area contributed by atoms with E-state index < -0.39 is 6.10 Å². The largest absolute Gasteiger partial charge is 0.389 e. The van der Waals surface area contributed by atoms with Crippen molar-refractivity contribution in [3.8, 4) is 0 Å². The van der Waals surface area contributed by atoms with Crippen LogP contribution in [0.25, 0.3) is 0 Å². The van der Waals surface area contributed by atoms with Crippen LogP contribution in [0.15, 0.2) is 0 Å². The van der Waals surface area contributed by atoms with E-state index in [4.69, 9.17) is 4.74 Å². The first-order chi connectivity index (χ1) is 8.63. The molecule has 0 radical (unpaired) electrons. The van der Waals surface area contributed by atoms with Crippen molar-refractivity contribution in [3.63, 3.8) is 0 Å². The van der Waals surface area contributed by atoms with Gasteiger partial charge in [0, 0.05) is 20.1 Å². The molecule has 0 aromatic carbocycles. The Kier molecular flexibility index (Phi) is 7.23. The molecule has 5 heteroatoms. The Bertz CT molecular complexity index is 242. The molecule has 1 saturated carbocycles. The fourth-order valence-corrected chi connectivity index (χ4v) is 2.02. The average Bonchev–Trinajstić information content (AvgIpc) is 2.88. The van der Waals surface area contributed by atoms with Gasteiger partial charge < -0.3 is 20.1 Å². The molecule has 1 unspecified atom stereocenters. The molecule has 5 nitrogen and oxygen atoms in total. The van der Waals surface area contributed by atoms with Crippen LogP contribution < -0.4 is 5.32 Å². The van der Waals surface area contributed by atoms with Gasteiger partial charge in [-0.1, -0.05) is 12.8 Å². The van der Waals surface area contributed by atoms with Crippen LogP contribution in [0.1, 0.15) is 32.6 Å². The highest BCUT2D eigenvalue weighted by atomic mass is 16.5. The molecule has 1 rings (SSSR count). The minimum absolute atomic E-state index is 0.0430. The quantitative estimate of drug-likeness (QED) is 0.660. The van der Waals surface area contributed by atoms with Gasteiger partial charge in [0.25, 0.3) is 0 Å². The fraction of sp³-hybridized carbons (Fsp3) is 0.923. The maximum absolute atomic E-state index is 11.5. The molecule has 18 heavy (non-hydrogen) atoms. The average molecular weight is 258 g/mol. The normalized spacial score (nSPS) is 17.9. The topological polar surface area (TPSA) is 61.8 Å². The van der Waals surface area contributed by atoms with Gasteiger partial charge in [0.2, 0.25) is 5.91 Å². The highest BCUT2D eigenvalue weighted by molar-refractivity contribution is 5.77. The van der Waals surface area contributed by atoms with Crippen LogP contribution in [0.4, 0.5) is 0 Å². The van der Waals surface area contributed by atoms with Crippen molar-refractivity contribution >= 4 is 5.91 Å². The predicted molar refractivity (Wildman–Crippen MR) is 70.4 cm³/mol.